The minimum atomic E-state index is -3.16. The van der Waals surface area contributed by atoms with Gasteiger partial charge < -0.3 is 9.47 Å². The number of fused-ring (bicyclic) bond motifs is 3. The lowest BCUT2D eigenvalue weighted by atomic mass is 9.98. The monoisotopic (exact) mass is 507 g/mol. The van der Waals surface area contributed by atoms with Crippen LogP contribution in [0.1, 0.15) is 25.7 Å². The lowest BCUT2D eigenvalue weighted by molar-refractivity contribution is 0.103. The largest absolute Gasteiger partial charge is 0.492 e. The quantitative estimate of drug-likeness (QED) is 0.477. The third-order valence-electron chi connectivity index (χ3n) is 6.24. The smallest absolute Gasteiger partial charge is 0.279 e. The molecule has 0 saturated carbocycles. The molecule has 0 amide bonds. The molecule has 3 aromatic rings. The highest BCUT2D eigenvalue weighted by molar-refractivity contribution is 7.88. The van der Waals surface area contributed by atoms with Crippen LogP contribution in [0.2, 0.25) is 5.02 Å². The molecule has 1 aromatic heterocycles. The minimum absolute atomic E-state index is 0.0506. The summed E-state index contributed by atoms with van der Waals surface area (Å²) in [7, 11) is -3.16. The molecule has 5 rings (SSSR count). The average molecular weight is 508 g/mol. The Labute approximate surface area is 202 Å². The number of sulfonamides is 1. The third-order valence-corrected chi connectivity index (χ3v) is 8.14. The van der Waals surface area contributed by atoms with Gasteiger partial charge in [0.1, 0.15) is 18.1 Å². The predicted octanol–water partition coefficient (Wildman–Crippen LogP) is 4.67. The van der Waals surface area contributed by atoms with Crippen LogP contribution in [-0.2, 0) is 10.0 Å². The molecule has 2 aliphatic rings. The van der Waals surface area contributed by atoms with E-state index in [0.29, 0.717) is 34.7 Å². The molecule has 33 heavy (non-hydrogen) atoms. The van der Waals surface area contributed by atoms with Crippen molar-refractivity contribution in [1.29, 1.82) is 0 Å². The standard InChI is InChI=1S/C23H26ClN3O4S2/c1-33(28,29)26-16-13-17-3-4-18(14-16)27(17)10-11-30-19-5-7-20(8-6-19)31-23-25-21-9-2-15(24)12-22(21)32-23/h2,5-9,12,16-18,26H,3-4,10-11,13-14H2,1H3. The second-order valence-electron chi connectivity index (χ2n) is 8.69. The van der Waals surface area contributed by atoms with Crippen LogP contribution in [0.25, 0.3) is 10.2 Å². The number of nitrogens with one attached hydrogen (secondary N) is 1. The van der Waals surface area contributed by atoms with Crippen molar-refractivity contribution < 1.29 is 17.9 Å². The van der Waals surface area contributed by atoms with Crippen molar-refractivity contribution in [3.05, 3.63) is 47.5 Å². The first-order chi connectivity index (χ1) is 15.8. The normalized spacial score (nSPS) is 23.2. The Bertz CT molecular complexity index is 1220. The molecule has 2 unspecified atom stereocenters. The second kappa shape index (κ2) is 9.38. The molecule has 1 N–H and O–H groups in total. The van der Waals surface area contributed by atoms with Gasteiger partial charge in [-0.15, -0.1) is 0 Å². The molecule has 10 heteroatoms. The van der Waals surface area contributed by atoms with Gasteiger partial charge in [-0.1, -0.05) is 22.9 Å². The zero-order chi connectivity index (χ0) is 23.0. The maximum atomic E-state index is 11.6. The van der Waals surface area contributed by atoms with E-state index in [9.17, 15) is 8.42 Å². The van der Waals surface area contributed by atoms with Gasteiger partial charge in [0.2, 0.25) is 10.0 Å². The van der Waals surface area contributed by atoms with Gasteiger partial charge in [-0.2, -0.15) is 0 Å². The number of thiazole rings is 1. The number of piperidine rings is 1. The zero-order valence-corrected chi connectivity index (χ0v) is 20.6. The van der Waals surface area contributed by atoms with E-state index in [1.165, 1.54) is 17.6 Å². The number of ether oxygens (including phenoxy) is 2. The van der Waals surface area contributed by atoms with Gasteiger partial charge in [0, 0.05) is 29.7 Å². The first-order valence-corrected chi connectivity index (χ1v) is 14.1. The fourth-order valence-corrected chi connectivity index (χ4v) is 6.84. The topological polar surface area (TPSA) is 80.8 Å². The first-order valence-electron chi connectivity index (χ1n) is 11.0. The summed E-state index contributed by atoms with van der Waals surface area (Å²) in [5, 5.41) is 1.26. The van der Waals surface area contributed by atoms with Crippen LogP contribution in [0.3, 0.4) is 0 Å². The molecule has 0 spiro atoms. The molecule has 0 radical (unpaired) electrons. The van der Waals surface area contributed by atoms with E-state index < -0.39 is 10.0 Å². The highest BCUT2D eigenvalue weighted by Gasteiger charge is 2.41. The molecule has 2 atom stereocenters. The molecule has 176 valence electrons. The van der Waals surface area contributed by atoms with Crippen molar-refractivity contribution >= 4 is 43.2 Å². The Morgan fingerprint density at radius 2 is 1.82 bits per heavy atom. The SMILES string of the molecule is CS(=O)(=O)NC1CC2CCC(C1)N2CCOc1ccc(Oc2nc3ccc(Cl)cc3s2)cc1. The fourth-order valence-electron chi connectivity index (χ4n) is 4.93. The van der Waals surface area contributed by atoms with E-state index in [1.807, 2.05) is 42.5 Å². The van der Waals surface area contributed by atoms with Gasteiger partial charge in [0.05, 0.1) is 16.5 Å². The molecule has 2 aliphatic heterocycles. The van der Waals surface area contributed by atoms with Crippen LogP contribution in [-0.4, -0.2) is 55.8 Å². The molecule has 7 nitrogen and oxygen atoms in total. The van der Waals surface area contributed by atoms with Crippen LogP contribution in [0.4, 0.5) is 0 Å². The van der Waals surface area contributed by atoms with Crippen molar-refractivity contribution in [3.63, 3.8) is 0 Å². The number of rotatable bonds is 8. The van der Waals surface area contributed by atoms with E-state index in [0.717, 1.165) is 48.2 Å². The van der Waals surface area contributed by atoms with Gasteiger partial charge in [-0.05, 0) is 68.1 Å². The maximum Gasteiger partial charge on any atom is 0.279 e. The van der Waals surface area contributed by atoms with Gasteiger partial charge in [0.15, 0.2) is 0 Å². The van der Waals surface area contributed by atoms with Crippen molar-refractivity contribution in [2.45, 2.75) is 43.8 Å². The summed E-state index contributed by atoms with van der Waals surface area (Å²) in [6.45, 7) is 1.43. The van der Waals surface area contributed by atoms with Crippen LogP contribution in [0.5, 0.6) is 16.7 Å². The van der Waals surface area contributed by atoms with E-state index in [4.69, 9.17) is 21.1 Å². The number of aromatic nitrogens is 1. The lowest BCUT2D eigenvalue weighted by Crippen LogP contribution is -2.51. The molecule has 2 aromatic carbocycles. The average Bonchev–Trinajstić information content (AvgIpc) is 3.24. The molecule has 2 saturated heterocycles. The summed E-state index contributed by atoms with van der Waals surface area (Å²) in [4.78, 5) is 6.96. The molecular formula is C23H26ClN3O4S2. The van der Waals surface area contributed by atoms with Crippen LogP contribution in [0.15, 0.2) is 42.5 Å². The lowest BCUT2D eigenvalue weighted by Gasteiger charge is -2.38. The Morgan fingerprint density at radius 1 is 1.12 bits per heavy atom. The number of nitrogens with zero attached hydrogens (tertiary/aromatic N) is 2. The molecule has 0 aliphatic carbocycles. The number of benzene rings is 2. The summed E-state index contributed by atoms with van der Waals surface area (Å²) in [5.41, 5.74) is 0.865. The Hall–Kier alpha value is -1.91. The predicted molar refractivity (Wildman–Crippen MR) is 131 cm³/mol. The van der Waals surface area contributed by atoms with E-state index >= 15 is 0 Å². The molecule has 3 heterocycles. The number of halogens is 1. The highest BCUT2D eigenvalue weighted by Crippen LogP contribution is 2.36. The van der Waals surface area contributed by atoms with Gasteiger partial charge in [0.25, 0.3) is 5.19 Å². The maximum absolute atomic E-state index is 11.6. The Balaban J connectivity index is 1.12. The van der Waals surface area contributed by atoms with Gasteiger partial charge in [-0.3, -0.25) is 4.90 Å². The highest BCUT2D eigenvalue weighted by atomic mass is 35.5. The summed E-state index contributed by atoms with van der Waals surface area (Å²) in [5.74, 6) is 1.49. The van der Waals surface area contributed by atoms with Crippen LogP contribution >= 0.6 is 22.9 Å². The van der Waals surface area contributed by atoms with Crippen molar-refractivity contribution in [3.8, 4) is 16.7 Å². The second-order valence-corrected chi connectivity index (χ2v) is 11.9. The van der Waals surface area contributed by atoms with Gasteiger partial charge in [-0.25, -0.2) is 18.1 Å². The number of hydrogen-bond acceptors (Lipinski definition) is 7. The molecule has 2 fully saturated rings. The van der Waals surface area contributed by atoms with E-state index in [1.54, 1.807) is 0 Å². The van der Waals surface area contributed by atoms with Crippen LogP contribution < -0.4 is 14.2 Å². The minimum Gasteiger partial charge on any atom is -0.492 e. The van der Waals surface area contributed by atoms with Crippen molar-refractivity contribution in [2.75, 3.05) is 19.4 Å². The van der Waals surface area contributed by atoms with Crippen LogP contribution in [0, 0.1) is 0 Å². The summed E-state index contributed by atoms with van der Waals surface area (Å²) < 4.78 is 38.8. The van der Waals surface area contributed by atoms with Crippen molar-refractivity contribution in [1.82, 2.24) is 14.6 Å². The van der Waals surface area contributed by atoms with Gasteiger partial charge >= 0.3 is 0 Å². The van der Waals surface area contributed by atoms with E-state index in [-0.39, 0.29) is 6.04 Å². The summed E-state index contributed by atoms with van der Waals surface area (Å²) in [6.07, 6.45) is 5.22. The molecule has 2 bridgehead atoms. The number of hydrogen-bond donors (Lipinski definition) is 1. The first kappa shape index (κ1) is 22.9. The summed E-state index contributed by atoms with van der Waals surface area (Å²) in [6, 6.07) is 14.0. The van der Waals surface area contributed by atoms with E-state index in [2.05, 4.69) is 14.6 Å². The molecular weight excluding hydrogens is 482 g/mol. The third kappa shape index (κ3) is 5.60. The zero-order valence-electron chi connectivity index (χ0n) is 18.2. The summed E-state index contributed by atoms with van der Waals surface area (Å²) >= 11 is 7.50. The van der Waals surface area contributed by atoms with Crippen molar-refractivity contribution in [2.24, 2.45) is 0 Å². The Morgan fingerprint density at radius 3 is 2.52 bits per heavy atom. The Kier molecular flexibility index (Phi) is 6.50. The fraction of sp³-hybridized carbons (Fsp3) is 0.435.